The van der Waals surface area contributed by atoms with Crippen molar-refractivity contribution in [2.24, 2.45) is 5.73 Å². The van der Waals surface area contributed by atoms with Gasteiger partial charge in [-0.05, 0) is 18.2 Å². The predicted molar refractivity (Wildman–Crippen MR) is 74.0 cm³/mol. The number of amides is 1. The van der Waals surface area contributed by atoms with E-state index in [9.17, 15) is 17.6 Å². The molecule has 21 heavy (non-hydrogen) atoms. The molecule has 0 saturated carbocycles. The molecule has 0 aromatic heterocycles. The number of carbonyl (C=O) groups excluding carboxylic acids is 1. The zero-order chi connectivity index (χ0) is 16.0. The summed E-state index contributed by atoms with van der Waals surface area (Å²) >= 11 is 0. The lowest BCUT2D eigenvalue weighted by molar-refractivity contribution is -0.118. The van der Waals surface area contributed by atoms with Gasteiger partial charge < -0.3 is 10.8 Å². The summed E-state index contributed by atoms with van der Waals surface area (Å²) in [4.78, 5) is 10.5. The number of hydrogen-bond acceptors (Lipinski definition) is 4. The van der Waals surface area contributed by atoms with Gasteiger partial charge in [-0.25, -0.2) is 12.8 Å². The first kappa shape index (κ1) is 17.1. The standard InChI is InChI=1S/C13H15FN2O4S/c1-16(9-13(15)18)21(19,20)11-6-5-10(12(14)8-11)4-2-3-7-17/h5-6,8,17H,3,7,9H2,1H3,(H2,15,18). The monoisotopic (exact) mass is 314 g/mol. The Morgan fingerprint density at radius 2 is 2.14 bits per heavy atom. The molecule has 0 aliphatic rings. The Morgan fingerprint density at radius 3 is 2.67 bits per heavy atom. The Labute approximate surface area is 122 Å². The van der Waals surface area contributed by atoms with Gasteiger partial charge in [0.25, 0.3) is 0 Å². The number of rotatable bonds is 5. The highest BCUT2D eigenvalue weighted by molar-refractivity contribution is 7.89. The van der Waals surface area contributed by atoms with Crippen LogP contribution in [0.15, 0.2) is 23.1 Å². The first-order valence-corrected chi connectivity index (χ1v) is 7.37. The van der Waals surface area contributed by atoms with Gasteiger partial charge in [-0.3, -0.25) is 4.79 Å². The molecule has 1 rings (SSSR count). The summed E-state index contributed by atoms with van der Waals surface area (Å²) in [5, 5.41) is 8.58. The fourth-order valence-corrected chi connectivity index (χ4v) is 2.61. The van der Waals surface area contributed by atoms with Gasteiger partial charge in [0.2, 0.25) is 15.9 Å². The van der Waals surface area contributed by atoms with Gasteiger partial charge >= 0.3 is 0 Å². The van der Waals surface area contributed by atoms with Crippen LogP contribution in [0.3, 0.4) is 0 Å². The number of nitrogens with two attached hydrogens (primary N) is 1. The minimum Gasteiger partial charge on any atom is -0.395 e. The number of sulfonamides is 1. The average molecular weight is 314 g/mol. The van der Waals surface area contributed by atoms with E-state index >= 15 is 0 Å². The lowest BCUT2D eigenvalue weighted by atomic mass is 10.2. The summed E-state index contributed by atoms with van der Waals surface area (Å²) in [6, 6.07) is 3.25. The molecule has 0 fully saturated rings. The number of primary amides is 1. The van der Waals surface area contributed by atoms with Crippen LogP contribution in [0.5, 0.6) is 0 Å². The van der Waals surface area contributed by atoms with Crippen molar-refractivity contribution in [3.05, 3.63) is 29.6 Å². The molecule has 0 aliphatic heterocycles. The molecule has 0 unspecified atom stereocenters. The number of nitrogens with zero attached hydrogens (tertiary/aromatic N) is 1. The van der Waals surface area contributed by atoms with E-state index in [-0.39, 0.29) is 23.5 Å². The third-order valence-corrected chi connectivity index (χ3v) is 4.29. The van der Waals surface area contributed by atoms with Crippen molar-refractivity contribution in [2.75, 3.05) is 20.2 Å². The summed E-state index contributed by atoms with van der Waals surface area (Å²) in [6.07, 6.45) is 0.195. The van der Waals surface area contributed by atoms with Gasteiger partial charge in [0.05, 0.1) is 23.6 Å². The van der Waals surface area contributed by atoms with Crippen LogP contribution in [0, 0.1) is 17.7 Å². The predicted octanol–water partition coefficient (Wildman–Crippen LogP) is -0.335. The number of carbonyl (C=O) groups is 1. The highest BCUT2D eigenvalue weighted by Gasteiger charge is 2.23. The first-order chi connectivity index (χ1) is 9.78. The van der Waals surface area contributed by atoms with Crippen LogP contribution < -0.4 is 5.73 Å². The Balaban J connectivity index is 3.09. The topological polar surface area (TPSA) is 101 Å². The molecule has 114 valence electrons. The van der Waals surface area contributed by atoms with Gasteiger partial charge in [-0.2, -0.15) is 4.31 Å². The van der Waals surface area contributed by atoms with Gasteiger partial charge in [-0.15, -0.1) is 0 Å². The lowest BCUT2D eigenvalue weighted by Crippen LogP contribution is -2.35. The zero-order valence-corrected chi connectivity index (χ0v) is 12.2. The molecular weight excluding hydrogens is 299 g/mol. The van der Waals surface area contributed by atoms with Crippen LogP contribution in [-0.2, 0) is 14.8 Å². The molecule has 0 saturated heterocycles. The molecular formula is C13H15FN2O4S. The molecule has 1 amide bonds. The summed E-state index contributed by atoms with van der Waals surface area (Å²) in [5.74, 6) is 3.42. The molecule has 3 N–H and O–H groups in total. The third-order valence-electron chi connectivity index (χ3n) is 2.49. The SMILES string of the molecule is CN(CC(N)=O)S(=O)(=O)c1ccc(C#CCCO)c(F)c1. The minimum absolute atomic E-state index is 0.0277. The molecule has 1 aromatic carbocycles. The molecule has 0 radical (unpaired) electrons. The summed E-state index contributed by atoms with van der Waals surface area (Å²) in [7, 11) is -2.82. The summed E-state index contributed by atoms with van der Waals surface area (Å²) < 4.78 is 38.7. The molecule has 6 nitrogen and oxygen atoms in total. The van der Waals surface area contributed by atoms with Crippen LogP contribution >= 0.6 is 0 Å². The second kappa shape index (κ2) is 7.17. The van der Waals surface area contributed by atoms with Crippen LogP contribution in [0.1, 0.15) is 12.0 Å². The Hall–Kier alpha value is -1.95. The molecule has 0 spiro atoms. The van der Waals surface area contributed by atoms with E-state index in [0.717, 1.165) is 10.4 Å². The zero-order valence-electron chi connectivity index (χ0n) is 11.3. The third kappa shape index (κ3) is 4.53. The molecule has 1 aromatic rings. The Bertz CT molecular complexity index is 692. The van der Waals surface area contributed by atoms with Crippen LogP contribution in [0.25, 0.3) is 0 Å². The highest BCUT2D eigenvalue weighted by atomic mass is 32.2. The van der Waals surface area contributed by atoms with Crippen LogP contribution in [-0.4, -0.2) is 43.9 Å². The lowest BCUT2D eigenvalue weighted by Gasteiger charge is -2.15. The molecule has 0 atom stereocenters. The number of halogens is 1. The average Bonchev–Trinajstić information content (AvgIpc) is 2.39. The molecule has 0 heterocycles. The van der Waals surface area contributed by atoms with E-state index in [2.05, 4.69) is 11.8 Å². The number of likely N-dealkylation sites (N-methyl/N-ethyl adjacent to an activating group) is 1. The van der Waals surface area contributed by atoms with Crippen molar-refractivity contribution in [3.63, 3.8) is 0 Å². The number of aliphatic hydroxyl groups excluding tert-OH is 1. The Kier molecular flexibility index (Phi) is 5.84. The van der Waals surface area contributed by atoms with Crippen LogP contribution in [0.4, 0.5) is 4.39 Å². The number of benzene rings is 1. The summed E-state index contributed by atoms with van der Waals surface area (Å²) in [6.45, 7) is -0.638. The van der Waals surface area contributed by atoms with Crippen molar-refractivity contribution < 1.29 is 22.7 Å². The van der Waals surface area contributed by atoms with Gasteiger partial charge in [0.1, 0.15) is 5.82 Å². The van der Waals surface area contributed by atoms with Crippen LogP contribution in [0.2, 0.25) is 0 Å². The second-order valence-electron chi connectivity index (χ2n) is 4.14. The highest BCUT2D eigenvalue weighted by Crippen LogP contribution is 2.17. The van der Waals surface area contributed by atoms with E-state index in [4.69, 9.17) is 10.8 Å². The molecule has 0 bridgehead atoms. The van der Waals surface area contributed by atoms with E-state index in [0.29, 0.717) is 0 Å². The minimum atomic E-state index is -3.99. The van der Waals surface area contributed by atoms with Crippen molar-refractivity contribution >= 4 is 15.9 Å². The van der Waals surface area contributed by atoms with Gasteiger partial charge in [0, 0.05) is 13.5 Å². The van der Waals surface area contributed by atoms with Crippen molar-refractivity contribution in [3.8, 4) is 11.8 Å². The van der Waals surface area contributed by atoms with Crippen molar-refractivity contribution in [1.82, 2.24) is 4.31 Å². The summed E-state index contributed by atoms with van der Waals surface area (Å²) in [5.41, 5.74) is 4.96. The maximum atomic E-state index is 13.8. The fourth-order valence-electron chi connectivity index (χ4n) is 1.46. The first-order valence-electron chi connectivity index (χ1n) is 5.93. The van der Waals surface area contributed by atoms with Gasteiger partial charge in [0.15, 0.2) is 0 Å². The van der Waals surface area contributed by atoms with Crippen molar-refractivity contribution in [2.45, 2.75) is 11.3 Å². The maximum absolute atomic E-state index is 13.8. The largest absolute Gasteiger partial charge is 0.395 e. The van der Waals surface area contributed by atoms with Crippen molar-refractivity contribution in [1.29, 1.82) is 0 Å². The fraction of sp³-hybridized carbons (Fsp3) is 0.308. The van der Waals surface area contributed by atoms with E-state index in [1.165, 1.54) is 19.2 Å². The van der Waals surface area contributed by atoms with Gasteiger partial charge in [-0.1, -0.05) is 11.8 Å². The number of hydrogen-bond donors (Lipinski definition) is 2. The Morgan fingerprint density at radius 1 is 1.48 bits per heavy atom. The second-order valence-corrected chi connectivity index (χ2v) is 6.19. The van der Waals surface area contributed by atoms with E-state index in [1.54, 1.807) is 0 Å². The quantitative estimate of drug-likeness (QED) is 0.726. The van der Waals surface area contributed by atoms with E-state index in [1.807, 2.05) is 0 Å². The molecule has 0 aliphatic carbocycles. The molecule has 8 heteroatoms. The maximum Gasteiger partial charge on any atom is 0.243 e. The smallest absolute Gasteiger partial charge is 0.243 e. The number of aliphatic hydroxyl groups is 1. The normalized spacial score (nSPS) is 11.0. The van der Waals surface area contributed by atoms with E-state index < -0.39 is 28.3 Å².